The van der Waals surface area contributed by atoms with Crippen LogP contribution in [0.2, 0.25) is 0 Å². The maximum atomic E-state index is 10.3. The second-order valence-corrected chi connectivity index (χ2v) is 2.85. The number of carboxylic acid groups (broad SMARTS) is 1. The first-order valence-corrected chi connectivity index (χ1v) is 3.24. The minimum Gasteiger partial charge on any atom is -0.481 e. The fraction of sp³-hybridized carbons (Fsp3) is 0.833. The van der Waals surface area contributed by atoms with Crippen LogP contribution in [0.15, 0.2) is 0 Å². The maximum Gasteiger partial charge on any atom is 0.307 e. The Morgan fingerprint density at radius 3 is 2.33 bits per heavy atom. The molecule has 1 saturated heterocycles. The van der Waals surface area contributed by atoms with Crippen molar-refractivity contribution < 1.29 is 9.90 Å². The third-order valence-corrected chi connectivity index (χ3v) is 2.38. The minimum absolute atomic E-state index is 0.00810. The minimum atomic E-state index is -0.605. The molecular weight excluding hydrogens is 118 g/mol. The van der Waals surface area contributed by atoms with E-state index in [4.69, 9.17) is 5.11 Å². The Morgan fingerprint density at radius 1 is 1.44 bits per heavy atom. The number of hydrogen-bond acceptors (Lipinski definition) is 2. The van der Waals surface area contributed by atoms with Gasteiger partial charge in [0.05, 0.1) is 5.92 Å². The molecule has 1 heterocycles. The predicted molar refractivity (Wildman–Crippen MR) is 31.0 cm³/mol. The molecule has 0 aromatic heterocycles. The Kier molecular flexibility index (Phi) is 0.858. The number of aliphatic carboxylic acids is 1. The highest BCUT2D eigenvalue weighted by Gasteiger charge is 2.57. The van der Waals surface area contributed by atoms with Gasteiger partial charge < -0.3 is 10.4 Å². The molecule has 0 aromatic carbocycles. The molecule has 9 heavy (non-hydrogen) atoms. The highest BCUT2D eigenvalue weighted by molar-refractivity contribution is 5.74. The summed E-state index contributed by atoms with van der Waals surface area (Å²) in [4.78, 5) is 10.3. The van der Waals surface area contributed by atoms with Gasteiger partial charge in [-0.25, -0.2) is 0 Å². The second kappa shape index (κ2) is 1.48. The molecule has 3 heteroatoms. The molecule has 2 unspecified atom stereocenters. The Balaban J connectivity index is 2.02. The van der Waals surface area contributed by atoms with Crippen LogP contribution in [-0.2, 0) is 4.79 Å². The van der Waals surface area contributed by atoms with Crippen LogP contribution in [0.4, 0.5) is 0 Å². The standard InChI is InChI=1S/C6H9NO2/c8-6(9)5-3-1-7-2-4(3)5/h3-5,7H,1-2H2,(H,8,9)/t3-,4?,5?/m0/s1. The predicted octanol–water partition coefficient (Wildman–Crippen LogP) is -0.464. The summed E-state index contributed by atoms with van der Waals surface area (Å²) in [6.45, 7) is 1.84. The summed E-state index contributed by atoms with van der Waals surface area (Å²) in [5.74, 6) is 0.308. The first kappa shape index (κ1) is 5.23. The summed E-state index contributed by atoms with van der Waals surface area (Å²) >= 11 is 0. The van der Waals surface area contributed by atoms with E-state index < -0.39 is 5.97 Å². The van der Waals surface area contributed by atoms with Crippen LogP contribution in [-0.4, -0.2) is 24.2 Å². The molecule has 1 saturated carbocycles. The summed E-state index contributed by atoms with van der Waals surface area (Å²) in [6, 6.07) is 0. The van der Waals surface area contributed by atoms with Gasteiger partial charge in [0.2, 0.25) is 0 Å². The lowest BCUT2D eigenvalue weighted by atomic mass is 10.3. The van der Waals surface area contributed by atoms with Gasteiger partial charge in [-0.15, -0.1) is 0 Å². The first-order chi connectivity index (χ1) is 4.30. The zero-order chi connectivity index (χ0) is 6.43. The van der Waals surface area contributed by atoms with E-state index >= 15 is 0 Å². The van der Waals surface area contributed by atoms with Crippen molar-refractivity contribution in [3.63, 3.8) is 0 Å². The number of carbonyl (C=O) groups is 1. The molecule has 0 bridgehead atoms. The van der Waals surface area contributed by atoms with Crippen LogP contribution in [0, 0.1) is 17.8 Å². The van der Waals surface area contributed by atoms with Crippen molar-refractivity contribution in [3.05, 3.63) is 0 Å². The lowest BCUT2D eigenvalue weighted by Crippen LogP contribution is -2.18. The molecule has 2 rings (SSSR count). The summed E-state index contributed by atoms with van der Waals surface area (Å²) in [5, 5.41) is 11.7. The highest BCUT2D eigenvalue weighted by atomic mass is 16.4. The normalized spacial score (nSPS) is 46.4. The molecule has 0 amide bonds. The average Bonchev–Trinajstić information content (AvgIpc) is 2.30. The monoisotopic (exact) mass is 127 g/mol. The van der Waals surface area contributed by atoms with E-state index in [1.807, 2.05) is 0 Å². The molecular formula is C6H9NO2. The Bertz CT molecular complexity index is 147. The maximum absolute atomic E-state index is 10.3. The average molecular weight is 127 g/mol. The molecule has 1 aliphatic heterocycles. The number of hydrogen-bond donors (Lipinski definition) is 2. The molecule has 1 aliphatic carbocycles. The summed E-state index contributed by atoms with van der Waals surface area (Å²) in [7, 11) is 0. The Hall–Kier alpha value is -0.570. The van der Waals surface area contributed by atoms with Gasteiger partial charge in [-0.1, -0.05) is 0 Å². The Morgan fingerprint density at radius 2 is 2.00 bits per heavy atom. The van der Waals surface area contributed by atoms with E-state index in [1.54, 1.807) is 0 Å². The topological polar surface area (TPSA) is 49.3 Å². The van der Waals surface area contributed by atoms with Crippen molar-refractivity contribution in [1.29, 1.82) is 0 Å². The molecule has 2 fully saturated rings. The number of carboxylic acids is 1. The fourth-order valence-electron chi connectivity index (χ4n) is 1.78. The number of rotatable bonds is 1. The van der Waals surface area contributed by atoms with Crippen molar-refractivity contribution in [1.82, 2.24) is 5.32 Å². The quantitative estimate of drug-likeness (QED) is 0.501. The summed E-state index contributed by atoms with van der Waals surface area (Å²) < 4.78 is 0. The van der Waals surface area contributed by atoms with Crippen LogP contribution >= 0.6 is 0 Å². The van der Waals surface area contributed by atoms with Crippen LogP contribution in [0.3, 0.4) is 0 Å². The van der Waals surface area contributed by atoms with Crippen LogP contribution in [0.25, 0.3) is 0 Å². The van der Waals surface area contributed by atoms with Crippen molar-refractivity contribution in [3.8, 4) is 0 Å². The van der Waals surface area contributed by atoms with Crippen molar-refractivity contribution in [2.75, 3.05) is 13.1 Å². The van der Waals surface area contributed by atoms with Gasteiger partial charge in [0.15, 0.2) is 0 Å². The van der Waals surface area contributed by atoms with Gasteiger partial charge in [-0.2, -0.15) is 0 Å². The van der Waals surface area contributed by atoms with Crippen LogP contribution in [0.1, 0.15) is 0 Å². The number of nitrogens with one attached hydrogen (secondary N) is 1. The Labute approximate surface area is 53.1 Å². The van der Waals surface area contributed by atoms with Gasteiger partial charge in [-0.3, -0.25) is 4.79 Å². The first-order valence-electron chi connectivity index (χ1n) is 3.24. The highest BCUT2D eigenvalue weighted by Crippen LogP contribution is 2.48. The molecule has 2 N–H and O–H groups in total. The second-order valence-electron chi connectivity index (χ2n) is 2.85. The van der Waals surface area contributed by atoms with Crippen molar-refractivity contribution >= 4 is 5.97 Å². The van der Waals surface area contributed by atoms with E-state index in [1.165, 1.54) is 0 Å². The van der Waals surface area contributed by atoms with E-state index in [2.05, 4.69) is 5.32 Å². The molecule has 2 aliphatic rings. The molecule has 3 nitrogen and oxygen atoms in total. The van der Waals surface area contributed by atoms with Gasteiger partial charge >= 0.3 is 5.97 Å². The summed E-state index contributed by atoms with van der Waals surface area (Å²) in [6.07, 6.45) is 0. The van der Waals surface area contributed by atoms with E-state index in [0.29, 0.717) is 11.8 Å². The largest absolute Gasteiger partial charge is 0.481 e. The molecule has 3 atom stereocenters. The lowest BCUT2D eigenvalue weighted by molar-refractivity contribution is -0.139. The van der Waals surface area contributed by atoms with Crippen molar-refractivity contribution in [2.24, 2.45) is 17.8 Å². The smallest absolute Gasteiger partial charge is 0.307 e. The van der Waals surface area contributed by atoms with Gasteiger partial charge in [0, 0.05) is 0 Å². The summed E-state index contributed by atoms with van der Waals surface area (Å²) in [5.41, 5.74) is 0. The SMILES string of the molecule is O=C(O)C1C2CNC[C@@H]21. The van der Waals surface area contributed by atoms with Gasteiger partial charge in [-0.05, 0) is 24.9 Å². The molecule has 50 valence electrons. The van der Waals surface area contributed by atoms with Gasteiger partial charge in [0.25, 0.3) is 0 Å². The van der Waals surface area contributed by atoms with Crippen LogP contribution in [0.5, 0.6) is 0 Å². The molecule has 0 spiro atoms. The van der Waals surface area contributed by atoms with E-state index in [-0.39, 0.29) is 5.92 Å². The molecule has 0 aromatic rings. The zero-order valence-corrected chi connectivity index (χ0v) is 5.00. The third kappa shape index (κ3) is 0.580. The van der Waals surface area contributed by atoms with Crippen molar-refractivity contribution in [2.45, 2.75) is 0 Å². The van der Waals surface area contributed by atoms with Crippen LogP contribution < -0.4 is 5.32 Å². The van der Waals surface area contributed by atoms with E-state index in [0.717, 1.165) is 13.1 Å². The van der Waals surface area contributed by atoms with E-state index in [9.17, 15) is 4.79 Å². The zero-order valence-electron chi connectivity index (χ0n) is 5.00. The third-order valence-electron chi connectivity index (χ3n) is 2.38. The van der Waals surface area contributed by atoms with Gasteiger partial charge in [0.1, 0.15) is 0 Å². The lowest BCUT2D eigenvalue weighted by Gasteiger charge is -1.96. The fourth-order valence-corrected chi connectivity index (χ4v) is 1.78. The molecule has 0 radical (unpaired) electrons. The number of piperidine rings is 1. The number of fused-ring (bicyclic) bond motifs is 1.